The van der Waals surface area contributed by atoms with Crippen molar-refractivity contribution in [2.24, 2.45) is 0 Å². The summed E-state index contributed by atoms with van der Waals surface area (Å²) in [7, 11) is 2.83. The molecule has 1 aliphatic rings. The van der Waals surface area contributed by atoms with E-state index in [4.69, 9.17) is 21.1 Å². The van der Waals surface area contributed by atoms with E-state index in [-0.39, 0.29) is 22.1 Å². The van der Waals surface area contributed by atoms with Crippen LogP contribution in [0.15, 0.2) is 42.5 Å². The van der Waals surface area contributed by atoms with E-state index in [9.17, 15) is 14.4 Å². The molecule has 1 atom stereocenters. The smallest absolute Gasteiger partial charge is 0.344 e. The number of benzene rings is 2. The van der Waals surface area contributed by atoms with Gasteiger partial charge < -0.3 is 14.8 Å². The first-order valence-electron chi connectivity index (χ1n) is 8.82. The average molecular weight is 418 g/mol. The molecule has 2 aromatic carbocycles. The second-order valence-electron chi connectivity index (χ2n) is 6.33. The number of amides is 4. The summed E-state index contributed by atoms with van der Waals surface area (Å²) in [6.45, 7) is 1.78. The Morgan fingerprint density at radius 3 is 2.45 bits per heavy atom. The Hall–Kier alpha value is -3.26. The molecule has 0 aliphatic carbocycles. The molecule has 4 amide bonds. The minimum Gasteiger partial charge on any atom is -0.493 e. The average Bonchev–Trinajstić information content (AvgIpc) is 2.98. The van der Waals surface area contributed by atoms with Gasteiger partial charge in [-0.05, 0) is 24.1 Å². The van der Waals surface area contributed by atoms with Crippen LogP contribution < -0.4 is 20.2 Å². The van der Waals surface area contributed by atoms with Crippen LogP contribution in [0.5, 0.6) is 11.5 Å². The predicted octanol–water partition coefficient (Wildman–Crippen LogP) is 2.86. The van der Waals surface area contributed by atoms with Crippen molar-refractivity contribution in [3.8, 4) is 11.5 Å². The zero-order valence-electron chi connectivity index (χ0n) is 16.1. The van der Waals surface area contributed by atoms with Gasteiger partial charge in [-0.2, -0.15) is 5.01 Å². The molecule has 0 aromatic heterocycles. The topological polar surface area (TPSA) is 97.0 Å². The van der Waals surface area contributed by atoms with Crippen LogP contribution in [0.25, 0.3) is 0 Å². The Bertz CT molecular complexity index is 966. The number of urea groups is 1. The van der Waals surface area contributed by atoms with Gasteiger partial charge in [0.1, 0.15) is 5.54 Å². The van der Waals surface area contributed by atoms with Crippen molar-refractivity contribution in [3.05, 3.63) is 58.6 Å². The highest BCUT2D eigenvalue weighted by Gasteiger charge is 2.52. The van der Waals surface area contributed by atoms with Gasteiger partial charge in [0.05, 0.1) is 19.2 Å². The number of carbonyl (C=O) groups is 3. The lowest BCUT2D eigenvalue weighted by Gasteiger charge is -2.25. The summed E-state index contributed by atoms with van der Waals surface area (Å²) in [6.07, 6.45) is 0.316. The summed E-state index contributed by atoms with van der Waals surface area (Å²) in [4.78, 5) is 38.3. The molecule has 0 unspecified atom stereocenters. The fraction of sp³-hybridized carbons (Fsp3) is 0.250. The first-order chi connectivity index (χ1) is 13.9. The van der Waals surface area contributed by atoms with Crippen LogP contribution in [0, 0.1) is 0 Å². The van der Waals surface area contributed by atoms with E-state index in [1.807, 2.05) is 6.07 Å². The predicted molar refractivity (Wildman–Crippen MR) is 106 cm³/mol. The second-order valence-corrected chi connectivity index (χ2v) is 6.74. The molecule has 0 radical (unpaired) electrons. The fourth-order valence-electron chi connectivity index (χ4n) is 3.25. The largest absolute Gasteiger partial charge is 0.493 e. The van der Waals surface area contributed by atoms with Crippen LogP contribution in [0.1, 0.15) is 29.3 Å². The van der Waals surface area contributed by atoms with Crippen LogP contribution >= 0.6 is 11.6 Å². The fourth-order valence-corrected chi connectivity index (χ4v) is 3.54. The number of nitrogens with zero attached hydrogens (tertiary/aromatic N) is 1. The standard InChI is InChI=1S/C20H20ClN3O5/c1-4-20(13-8-6-5-7-9-13)18(26)24(19(27)22-20)23-17(25)12-10-14(21)16(29-3)15(11-12)28-2/h5-11H,4H2,1-3H3,(H,22,27)(H,23,25)/t20-/m1/s1. The third kappa shape index (κ3) is 3.47. The molecule has 29 heavy (non-hydrogen) atoms. The molecule has 3 rings (SSSR count). The van der Waals surface area contributed by atoms with Gasteiger partial charge in [0.2, 0.25) is 0 Å². The SMILES string of the molecule is CC[C@]1(c2ccccc2)NC(=O)N(NC(=O)c2cc(Cl)c(OC)c(OC)c2)C1=O. The van der Waals surface area contributed by atoms with E-state index < -0.39 is 23.4 Å². The number of ether oxygens (including phenoxy) is 2. The molecule has 1 saturated heterocycles. The summed E-state index contributed by atoms with van der Waals surface area (Å²) < 4.78 is 10.3. The Balaban J connectivity index is 1.89. The molecule has 1 heterocycles. The summed E-state index contributed by atoms with van der Waals surface area (Å²) in [6, 6.07) is 10.9. The summed E-state index contributed by atoms with van der Waals surface area (Å²) in [5, 5.41) is 3.53. The van der Waals surface area contributed by atoms with E-state index >= 15 is 0 Å². The first-order valence-corrected chi connectivity index (χ1v) is 9.20. The minimum absolute atomic E-state index is 0.0990. The van der Waals surface area contributed by atoms with Crippen LogP contribution in [0.3, 0.4) is 0 Å². The third-order valence-electron chi connectivity index (χ3n) is 4.80. The highest BCUT2D eigenvalue weighted by atomic mass is 35.5. The number of hydrogen-bond acceptors (Lipinski definition) is 5. The number of hydrogen-bond donors (Lipinski definition) is 2. The highest BCUT2D eigenvalue weighted by molar-refractivity contribution is 6.32. The number of nitrogens with one attached hydrogen (secondary N) is 2. The van der Waals surface area contributed by atoms with Crippen LogP contribution in [-0.2, 0) is 10.3 Å². The number of imide groups is 1. The molecule has 0 saturated carbocycles. The van der Waals surface area contributed by atoms with Crippen LogP contribution in [0.4, 0.5) is 4.79 Å². The second kappa shape index (κ2) is 8.00. The zero-order chi connectivity index (χ0) is 21.2. The number of rotatable bonds is 6. The van der Waals surface area contributed by atoms with Gasteiger partial charge in [-0.25, -0.2) is 4.79 Å². The first kappa shape index (κ1) is 20.5. The maximum atomic E-state index is 13.1. The number of carbonyl (C=O) groups excluding carboxylic acids is 3. The highest BCUT2D eigenvalue weighted by Crippen LogP contribution is 2.36. The molecule has 0 spiro atoms. The molecule has 2 aromatic rings. The number of hydrazine groups is 1. The van der Waals surface area contributed by atoms with Crippen molar-refractivity contribution >= 4 is 29.4 Å². The molecular weight excluding hydrogens is 398 g/mol. The van der Waals surface area contributed by atoms with Gasteiger partial charge >= 0.3 is 6.03 Å². The van der Waals surface area contributed by atoms with Crippen LogP contribution in [0.2, 0.25) is 5.02 Å². The van der Waals surface area contributed by atoms with Crippen LogP contribution in [-0.4, -0.2) is 37.1 Å². The Morgan fingerprint density at radius 1 is 1.17 bits per heavy atom. The molecule has 1 fully saturated rings. The lowest BCUT2D eigenvalue weighted by molar-refractivity contribution is -0.133. The monoisotopic (exact) mass is 417 g/mol. The third-order valence-corrected chi connectivity index (χ3v) is 5.08. The molecule has 0 bridgehead atoms. The molecular formula is C20H20ClN3O5. The maximum Gasteiger partial charge on any atom is 0.344 e. The Labute approximate surface area is 172 Å². The molecule has 8 nitrogen and oxygen atoms in total. The van der Waals surface area contributed by atoms with Gasteiger partial charge in [0.25, 0.3) is 11.8 Å². The molecule has 9 heteroatoms. The Kier molecular flexibility index (Phi) is 5.65. The van der Waals surface area contributed by atoms with Gasteiger partial charge in [-0.15, -0.1) is 0 Å². The summed E-state index contributed by atoms with van der Waals surface area (Å²) in [5.41, 5.74) is 1.83. The van der Waals surface area contributed by atoms with Gasteiger partial charge in [-0.1, -0.05) is 48.9 Å². The zero-order valence-corrected chi connectivity index (χ0v) is 16.9. The molecule has 1 aliphatic heterocycles. The van der Waals surface area contributed by atoms with E-state index in [1.165, 1.54) is 26.4 Å². The van der Waals surface area contributed by atoms with E-state index in [1.54, 1.807) is 31.2 Å². The van der Waals surface area contributed by atoms with Crippen molar-refractivity contribution in [2.45, 2.75) is 18.9 Å². The summed E-state index contributed by atoms with van der Waals surface area (Å²) in [5.74, 6) is -0.753. The van der Waals surface area contributed by atoms with Gasteiger partial charge in [-0.3, -0.25) is 15.0 Å². The Morgan fingerprint density at radius 2 is 1.86 bits per heavy atom. The number of methoxy groups -OCH3 is 2. The van der Waals surface area contributed by atoms with Gasteiger partial charge in [0, 0.05) is 5.56 Å². The quantitative estimate of drug-likeness (QED) is 0.704. The lowest BCUT2D eigenvalue weighted by Crippen LogP contribution is -2.48. The summed E-state index contributed by atoms with van der Waals surface area (Å²) >= 11 is 6.13. The van der Waals surface area contributed by atoms with Gasteiger partial charge in [0.15, 0.2) is 11.5 Å². The van der Waals surface area contributed by atoms with Crippen molar-refractivity contribution in [2.75, 3.05) is 14.2 Å². The van der Waals surface area contributed by atoms with Crippen molar-refractivity contribution in [3.63, 3.8) is 0 Å². The normalized spacial score (nSPS) is 18.4. The maximum absolute atomic E-state index is 13.1. The van der Waals surface area contributed by atoms with E-state index in [0.717, 1.165) is 0 Å². The number of halogens is 1. The van der Waals surface area contributed by atoms with E-state index in [2.05, 4.69) is 10.7 Å². The molecule has 152 valence electrons. The van der Waals surface area contributed by atoms with Crippen molar-refractivity contribution in [1.82, 2.24) is 15.8 Å². The molecule has 2 N–H and O–H groups in total. The minimum atomic E-state index is -1.25. The lowest BCUT2D eigenvalue weighted by atomic mass is 9.87. The van der Waals surface area contributed by atoms with Crippen molar-refractivity contribution < 1.29 is 23.9 Å². The van der Waals surface area contributed by atoms with Crippen molar-refractivity contribution in [1.29, 1.82) is 0 Å². The van der Waals surface area contributed by atoms with E-state index in [0.29, 0.717) is 17.0 Å².